The molecule has 0 aliphatic heterocycles. The van der Waals surface area contributed by atoms with Gasteiger partial charge in [0.2, 0.25) is 0 Å². The quantitative estimate of drug-likeness (QED) is 0.0445. The molecule has 0 saturated heterocycles. The Morgan fingerprint density at radius 1 is 0.170 bits per heavy atom. The Hall–Kier alpha value is 0.430. The van der Waals surface area contributed by atoms with Crippen LogP contribution in [0.2, 0.25) is 0 Å². The average molecular weight is 678 g/mol. The number of unbranched alkanes of at least 4 members (excludes halogenated alkanes) is 40. The summed E-state index contributed by atoms with van der Waals surface area (Å²) in [6.07, 6.45) is 65.2. The van der Waals surface area contributed by atoms with Crippen LogP contribution in [0.3, 0.4) is 0 Å². The van der Waals surface area contributed by atoms with E-state index < -0.39 is 0 Å². The Labute approximate surface area is 303 Å². The van der Waals surface area contributed by atoms with E-state index in [1.807, 2.05) is 0 Å². The van der Waals surface area contributed by atoms with Gasteiger partial charge in [-0.25, -0.2) is 0 Å². The lowest BCUT2D eigenvalue weighted by Crippen LogP contribution is -1.86. The van der Waals surface area contributed by atoms with Crippen molar-refractivity contribution in [2.45, 2.75) is 284 Å². The summed E-state index contributed by atoms with van der Waals surface area (Å²) < 4.78 is 0. The van der Waals surface area contributed by atoms with Gasteiger partial charge in [0.15, 0.2) is 0 Å². The molecule has 47 heavy (non-hydrogen) atoms. The van der Waals surface area contributed by atoms with E-state index in [2.05, 4.69) is 13.8 Å². The minimum absolute atomic E-state index is 1.37. The highest BCUT2D eigenvalue weighted by atomic mass is 31.1. The van der Waals surface area contributed by atoms with E-state index in [1.165, 1.54) is 282 Å². The highest BCUT2D eigenvalue weighted by Gasteiger charge is 1.98. The first-order chi connectivity index (χ1) is 23.4. The predicted octanol–water partition coefficient (Wildman–Crippen LogP) is 18.4. The largest absolute Gasteiger partial charge is 0.0810 e. The molecule has 0 aliphatic carbocycles. The maximum atomic E-state index is 2.31. The molecule has 0 heterocycles. The highest BCUT2D eigenvalue weighted by Crippen LogP contribution is 2.20. The van der Waals surface area contributed by atoms with Crippen LogP contribution in [0.15, 0.2) is 0 Å². The van der Waals surface area contributed by atoms with Gasteiger partial charge >= 0.3 is 0 Å². The van der Waals surface area contributed by atoms with Gasteiger partial charge in [-0.2, -0.15) is 0 Å². The minimum Gasteiger partial charge on any atom is -0.0810 e. The normalized spacial score (nSPS) is 11.6. The maximum Gasteiger partial charge on any atom is -0.0287 e. The Morgan fingerprint density at radius 2 is 0.298 bits per heavy atom. The van der Waals surface area contributed by atoms with Crippen LogP contribution in [0.25, 0.3) is 0 Å². The van der Waals surface area contributed by atoms with Crippen LogP contribution < -0.4 is 0 Å². The first-order valence-electron chi connectivity index (χ1n) is 23.0. The molecule has 0 aromatic heterocycles. The second kappa shape index (κ2) is 46.4. The molecule has 0 atom stereocenters. The van der Waals surface area contributed by atoms with Crippen molar-refractivity contribution in [1.82, 2.24) is 0 Å². The van der Waals surface area contributed by atoms with E-state index in [1.54, 1.807) is 8.58 Å². The van der Waals surface area contributed by atoms with Crippen molar-refractivity contribution < 1.29 is 0 Å². The summed E-state index contributed by atoms with van der Waals surface area (Å²) in [5.41, 5.74) is 0. The van der Waals surface area contributed by atoms with Crippen molar-refractivity contribution >= 4 is 8.58 Å². The molecule has 0 amide bonds. The lowest BCUT2D eigenvalue weighted by atomic mass is 10.0. The lowest BCUT2D eigenvalue weighted by Gasteiger charge is -2.05. The molecule has 0 nitrogen and oxygen atoms in total. The molecule has 0 unspecified atom stereocenters. The Bertz CT molecular complexity index is 457. The summed E-state index contributed by atoms with van der Waals surface area (Å²) >= 11 is 0. The zero-order valence-corrected chi connectivity index (χ0v) is 34.5. The first kappa shape index (κ1) is 47.4. The molecule has 1 radical (unpaired) electrons. The molecule has 0 aromatic carbocycles. The summed E-state index contributed by atoms with van der Waals surface area (Å²) in [6, 6.07) is 0. The maximum absolute atomic E-state index is 2.31. The third-order valence-electron chi connectivity index (χ3n) is 10.8. The Balaban J connectivity index is 3.03. The van der Waals surface area contributed by atoms with Gasteiger partial charge in [0.1, 0.15) is 0 Å². The summed E-state index contributed by atoms with van der Waals surface area (Å²) in [4.78, 5) is 0. The molecular weight excluding hydrogens is 583 g/mol. The molecule has 1 heteroatoms. The number of rotatable bonds is 44. The van der Waals surface area contributed by atoms with Crippen LogP contribution in [0.5, 0.6) is 0 Å². The van der Waals surface area contributed by atoms with Crippen molar-refractivity contribution in [1.29, 1.82) is 0 Å². The highest BCUT2D eigenvalue weighted by molar-refractivity contribution is 7.37. The number of hydrogen-bond acceptors (Lipinski definition) is 0. The van der Waals surface area contributed by atoms with E-state index in [9.17, 15) is 0 Å². The molecule has 0 saturated carbocycles. The van der Waals surface area contributed by atoms with Crippen molar-refractivity contribution in [3.8, 4) is 0 Å². The van der Waals surface area contributed by atoms with E-state index >= 15 is 0 Å². The van der Waals surface area contributed by atoms with Crippen LogP contribution in [-0.2, 0) is 0 Å². The van der Waals surface area contributed by atoms with Crippen LogP contribution in [0.4, 0.5) is 0 Å². The molecular formula is C46H94P. The predicted molar refractivity (Wildman–Crippen MR) is 222 cm³/mol. The molecule has 0 fully saturated rings. The second-order valence-electron chi connectivity index (χ2n) is 15.8. The molecule has 283 valence electrons. The molecule has 0 N–H and O–H groups in total. The second-order valence-corrected chi connectivity index (χ2v) is 17.2. The van der Waals surface area contributed by atoms with E-state index in [0.29, 0.717) is 0 Å². The summed E-state index contributed by atoms with van der Waals surface area (Å²) in [5.74, 6) is 0. The topological polar surface area (TPSA) is 0 Å². The van der Waals surface area contributed by atoms with Gasteiger partial charge in [0.25, 0.3) is 0 Å². The third kappa shape index (κ3) is 46.4. The van der Waals surface area contributed by atoms with Crippen LogP contribution in [0.1, 0.15) is 284 Å². The van der Waals surface area contributed by atoms with E-state index in [4.69, 9.17) is 0 Å². The molecule has 0 bridgehead atoms. The SMILES string of the molecule is CCCCCCCCCCCCCCCCCCCCCCC[P]CCCCCCCCCCCCCCCCCCCCCCC. The van der Waals surface area contributed by atoms with Crippen molar-refractivity contribution in [2.75, 3.05) is 12.3 Å². The molecule has 0 aromatic rings. The van der Waals surface area contributed by atoms with Gasteiger partial charge in [0.05, 0.1) is 0 Å². The van der Waals surface area contributed by atoms with Gasteiger partial charge in [-0.05, 0) is 25.2 Å². The third-order valence-corrected chi connectivity index (χ3v) is 12.1. The van der Waals surface area contributed by atoms with Gasteiger partial charge in [-0.15, -0.1) is 0 Å². The van der Waals surface area contributed by atoms with Crippen molar-refractivity contribution in [2.24, 2.45) is 0 Å². The fourth-order valence-corrected chi connectivity index (χ4v) is 8.54. The van der Waals surface area contributed by atoms with Crippen LogP contribution in [0, 0.1) is 0 Å². The zero-order chi connectivity index (χ0) is 33.8. The Kier molecular flexibility index (Phi) is 46.9. The van der Waals surface area contributed by atoms with E-state index in [0.717, 1.165) is 0 Å². The molecule has 0 aliphatic rings. The molecule has 0 spiro atoms. The van der Waals surface area contributed by atoms with Crippen molar-refractivity contribution in [3.63, 3.8) is 0 Å². The van der Waals surface area contributed by atoms with Crippen LogP contribution in [-0.4, -0.2) is 12.3 Å². The monoisotopic (exact) mass is 678 g/mol. The number of hydrogen-bond donors (Lipinski definition) is 0. The van der Waals surface area contributed by atoms with E-state index in [-0.39, 0.29) is 0 Å². The molecule has 0 rings (SSSR count). The fourth-order valence-electron chi connectivity index (χ4n) is 7.42. The summed E-state index contributed by atoms with van der Waals surface area (Å²) in [6.45, 7) is 4.62. The van der Waals surface area contributed by atoms with Gasteiger partial charge in [-0.3, -0.25) is 0 Å². The summed E-state index contributed by atoms with van der Waals surface area (Å²) in [5, 5.41) is 0. The fraction of sp³-hybridized carbons (Fsp3) is 1.00. The summed E-state index contributed by atoms with van der Waals surface area (Å²) in [7, 11) is 1.74. The smallest absolute Gasteiger partial charge is 0.0287 e. The standard InChI is InChI=1S/C46H94P/c1-3-5-7-9-11-13-15-17-19-21-23-25-27-29-31-33-35-37-39-41-43-45-47-46-44-42-40-38-36-34-32-30-28-26-24-22-20-18-16-14-12-10-8-6-4-2/h3-46H2,1-2H3. The Morgan fingerprint density at radius 3 is 0.447 bits per heavy atom. The zero-order valence-electron chi connectivity index (χ0n) is 33.6. The van der Waals surface area contributed by atoms with Gasteiger partial charge in [-0.1, -0.05) is 279 Å². The van der Waals surface area contributed by atoms with Crippen LogP contribution >= 0.6 is 8.58 Å². The average Bonchev–Trinajstić information content (AvgIpc) is 3.08. The lowest BCUT2D eigenvalue weighted by molar-refractivity contribution is 0.521. The van der Waals surface area contributed by atoms with Gasteiger partial charge < -0.3 is 0 Å². The van der Waals surface area contributed by atoms with Gasteiger partial charge in [0, 0.05) is 0 Å². The van der Waals surface area contributed by atoms with Crippen molar-refractivity contribution in [3.05, 3.63) is 0 Å². The first-order valence-corrected chi connectivity index (χ1v) is 24.3. The minimum atomic E-state index is 1.37.